The Morgan fingerprint density at radius 1 is 1.22 bits per heavy atom. The Hall–Kier alpha value is -2.50. The molecular formula is C16H18FN3O5S2. The minimum absolute atomic E-state index is 0.103. The lowest BCUT2D eigenvalue weighted by atomic mass is 10.3. The SMILES string of the molecule is CC(Oc1ccccc1F)C(=O)NNC(=O)CN(C)S(=O)(=O)c1cccs1. The Labute approximate surface area is 160 Å². The van der Waals surface area contributed by atoms with Gasteiger partial charge in [-0.2, -0.15) is 4.31 Å². The van der Waals surface area contributed by atoms with E-state index in [0.29, 0.717) is 0 Å². The Kier molecular flexibility index (Phi) is 6.88. The summed E-state index contributed by atoms with van der Waals surface area (Å²) >= 11 is 1.03. The molecule has 0 bridgehead atoms. The molecular weight excluding hydrogens is 397 g/mol. The summed E-state index contributed by atoms with van der Waals surface area (Å²) in [5.74, 6) is -2.20. The molecule has 0 aliphatic heterocycles. The number of hydrogen-bond acceptors (Lipinski definition) is 6. The second-order valence-corrected chi connectivity index (χ2v) is 8.64. The van der Waals surface area contributed by atoms with Gasteiger partial charge in [0.05, 0.1) is 6.54 Å². The van der Waals surface area contributed by atoms with Crippen LogP contribution in [0, 0.1) is 5.82 Å². The molecule has 0 saturated heterocycles. The van der Waals surface area contributed by atoms with Crippen molar-refractivity contribution in [1.82, 2.24) is 15.2 Å². The van der Waals surface area contributed by atoms with Crippen LogP contribution in [0.25, 0.3) is 0 Å². The molecule has 8 nitrogen and oxygen atoms in total. The fourth-order valence-corrected chi connectivity index (χ4v) is 4.24. The van der Waals surface area contributed by atoms with Gasteiger partial charge < -0.3 is 4.74 Å². The first-order valence-corrected chi connectivity index (χ1v) is 10.0. The van der Waals surface area contributed by atoms with E-state index in [0.717, 1.165) is 15.6 Å². The molecule has 1 unspecified atom stereocenters. The highest BCUT2D eigenvalue weighted by molar-refractivity contribution is 7.91. The van der Waals surface area contributed by atoms with Gasteiger partial charge in [0.25, 0.3) is 21.8 Å². The van der Waals surface area contributed by atoms with Gasteiger partial charge in [-0.15, -0.1) is 11.3 Å². The largest absolute Gasteiger partial charge is 0.478 e. The minimum atomic E-state index is -3.78. The van der Waals surface area contributed by atoms with Crippen LogP contribution in [0.4, 0.5) is 4.39 Å². The quantitative estimate of drug-likeness (QED) is 0.660. The van der Waals surface area contributed by atoms with E-state index < -0.39 is 40.3 Å². The molecule has 2 N–H and O–H groups in total. The number of hydrazine groups is 1. The van der Waals surface area contributed by atoms with Crippen molar-refractivity contribution < 1.29 is 27.1 Å². The van der Waals surface area contributed by atoms with Gasteiger partial charge in [-0.3, -0.25) is 20.4 Å². The number of thiophene rings is 1. The average Bonchev–Trinajstić information content (AvgIpc) is 3.17. The van der Waals surface area contributed by atoms with Crippen LogP contribution in [0.1, 0.15) is 6.92 Å². The van der Waals surface area contributed by atoms with Gasteiger partial charge in [-0.05, 0) is 30.5 Å². The molecule has 0 aliphatic carbocycles. The Morgan fingerprint density at radius 2 is 1.93 bits per heavy atom. The zero-order valence-corrected chi connectivity index (χ0v) is 16.1. The lowest BCUT2D eigenvalue weighted by Gasteiger charge is -2.18. The highest BCUT2D eigenvalue weighted by Crippen LogP contribution is 2.19. The van der Waals surface area contributed by atoms with Crippen molar-refractivity contribution in [2.24, 2.45) is 0 Å². The van der Waals surface area contributed by atoms with Crippen LogP contribution < -0.4 is 15.6 Å². The molecule has 0 fully saturated rings. The molecule has 1 heterocycles. The summed E-state index contributed by atoms with van der Waals surface area (Å²) in [6.07, 6.45) is -1.09. The zero-order valence-electron chi connectivity index (χ0n) is 14.5. The Bertz CT molecular complexity index is 903. The Balaban J connectivity index is 1.84. The fraction of sp³-hybridized carbons (Fsp3) is 0.250. The van der Waals surface area contributed by atoms with E-state index >= 15 is 0 Å². The van der Waals surface area contributed by atoms with Crippen LogP contribution in [-0.2, 0) is 19.6 Å². The molecule has 0 radical (unpaired) electrons. The predicted molar refractivity (Wildman–Crippen MR) is 96.9 cm³/mol. The van der Waals surface area contributed by atoms with Crippen LogP contribution in [0.3, 0.4) is 0 Å². The summed E-state index contributed by atoms with van der Waals surface area (Å²) in [5, 5.41) is 1.61. The van der Waals surface area contributed by atoms with Crippen molar-refractivity contribution in [3.05, 3.63) is 47.6 Å². The number of halogens is 1. The van der Waals surface area contributed by atoms with Crippen molar-refractivity contribution in [3.8, 4) is 5.75 Å². The molecule has 0 spiro atoms. The maximum Gasteiger partial charge on any atom is 0.279 e. The Morgan fingerprint density at radius 3 is 2.56 bits per heavy atom. The van der Waals surface area contributed by atoms with Crippen LogP contribution in [0.2, 0.25) is 0 Å². The third-order valence-electron chi connectivity index (χ3n) is 3.36. The summed E-state index contributed by atoms with van der Waals surface area (Å²) in [6.45, 7) is 0.879. The normalized spacial score (nSPS) is 12.4. The number of nitrogens with zero attached hydrogens (tertiary/aromatic N) is 1. The number of likely N-dealkylation sites (N-methyl/N-ethyl adjacent to an activating group) is 1. The lowest BCUT2D eigenvalue weighted by molar-refractivity contribution is -0.132. The molecule has 0 aliphatic rings. The van der Waals surface area contributed by atoms with Crippen LogP contribution in [0.15, 0.2) is 46.0 Å². The average molecular weight is 415 g/mol. The first kappa shape index (κ1) is 20.8. The molecule has 1 aromatic carbocycles. The molecule has 2 rings (SSSR count). The summed E-state index contributed by atoms with van der Waals surface area (Å²) < 4.78 is 44.1. The summed E-state index contributed by atoms with van der Waals surface area (Å²) in [5.41, 5.74) is 4.21. The monoisotopic (exact) mass is 415 g/mol. The third kappa shape index (κ3) is 5.49. The number of benzene rings is 1. The predicted octanol–water partition coefficient (Wildman–Crippen LogP) is 1.12. The molecule has 2 amide bonds. The smallest absolute Gasteiger partial charge is 0.279 e. The van der Waals surface area contributed by atoms with Crippen LogP contribution in [0.5, 0.6) is 5.75 Å². The fourth-order valence-electron chi connectivity index (χ4n) is 1.91. The summed E-state index contributed by atoms with van der Waals surface area (Å²) in [7, 11) is -2.53. The van der Waals surface area contributed by atoms with E-state index in [-0.39, 0.29) is 9.96 Å². The third-order valence-corrected chi connectivity index (χ3v) is 6.54. The number of para-hydroxylation sites is 1. The molecule has 146 valence electrons. The molecule has 2 aromatic rings. The van der Waals surface area contributed by atoms with Gasteiger partial charge in [0.2, 0.25) is 0 Å². The number of nitrogens with one attached hydrogen (secondary N) is 2. The van der Waals surface area contributed by atoms with Gasteiger partial charge in [0.1, 0.15) is 4.21 Å². The second-order valence-electron chi connectivity index (χ2n) is 5.42. The van der Waals surface area contributed by atoms with Crippen LogP contribution in [-0.4, -0.2) is 44.2 Å². The molecule has 27 heavy (non-hydrogen) atoms. The number of rotatable bonds is 7. The molecule has 1 aromatic heterocycles. The molecule has 0 saturated carbocycles. The number of hydrogen-bond donors (Lipinski definition) is 2. The number of ether oxygens (including phenoxy) is 1. The van der Waals surface area contributed by atoms with E-state index in [4.69, 9.17) is 4.74 Å². The standard InChI is InChI=1S/C16H18FN3O5S2/c1-11(25-13-7-4-3-6-12(13)17)16(22)19-18-14(21)10-20(2)27(23,24)15-8-5-9-26-15/h3-9,11H,10H2,1-2H3,(H,18,21)(H,19,22). The molecule has 11 heteroatoms. The van der Waals surface area contributed by atoms with Crippen molar-refractivity contribution in [2.75, 3.05) is 13.6 Å². The van der Waals surface area contributed by atoms with E-state index in [1.54, 1.807) is 17.5 Å². The topological polar surface area (TPSA) is 105 Å². The maximum atomic E-state index is 13.5. The summed E-state index contributed by atoms with van der Waals surface area (Å²) in [6, 6.07) is 8.59. The van der Waals surface area contributed by atoms with E-state index in [9.17, 15) is 22.4 Å². The first-order valence-electron chi connectivity index (χ1n) is 7.71. The van der Waals surface area contributed by atoms with Gasteiger partial charge >= 0.3 is 0 Å². The summed E-state index contributed by atoms with van der Waals surface area (Å²) in [4.78, 5) is 23.8. The van der Waals surface area contributed by atoms with Crippen molar-refractivity contribution >= 4 is 33.2 Å². The van der Waals surface area contributed by atoms with E-state index in [1.807, 2.05) is 0 Å². The number of carbonyl (C=O) groups excluding carboxylic acids is 2. The van der Waals surface area contributed by atoms with Crippen molar-refractivity contribution in [1.29, 1.82) is 0 Å². The first-order chi connectivity index (χ1) is 12.7. The maximum absolute atomic E-state index is 13.5. The van der Waals surface area contributed by atoms with Gasteiger partial charge in [-0.1, -0.05) is 18.2 Å². The second kappa shape index (κ2) is 8.93. The van der Waals surface area contributed by atoms with Crippen LogP contribution >= 0.6 is 11.3 Å². The van der Waals surface area contributed by atoms with E-state index in [2.05, 4.69) is 10.9 Å². The number of sulfonamides is 1. The lowest BCUT2D eigenvalue weighted by Crippen LogP contribution is -2.50. The zero-order chi connectivity index (χ0) is 20.0. The number of amides is 2. The van der Waals surface area contributed by atoms with Gasteiger partial charge in [0.15, 0.2) is 17.7 Å². The molecule has 1 atom stereocenters. The minimum Gasteiger partial charge on any atom is -0.478 e. The highest BCUT2D eigenvalue weighted by Gasteiger charge is 2.24. The van der Waals surface area contributed by atoms with Crippen molar-refractivity contribution in [2.45, 2.75) is 17.2 Å². The van der Waals surface area contributed by atoms with E-state index in [1.165, 1.54) is 38.2 Å². The van der Waals surface area contributed by atoms with Gasteiger partial charge in [-0.25, -0.2) is 12.8 Å². The number of carbonyl (C=O) groups is 2. The van der Waals surface area contributed by atoms with Gasteiger partial charge in [0, 0.05) is 7.05 Å². The highest BCUT2D eigenvalue weighted by atomic mass is 32.2. The van der Waals surface area contributed by atoms with Crippen molar-refractivity contribution in [3.63, 3.8) is 0 Å².